The second-order valence-electron chi connectivity index (χ2n) is 5.66. The fraction of sp³-hybridized carbons (Fsp3) is 0.467. The van der Waals surface area contributed by atoms with Crippen LogP contribution in [-0.4, -0.2) is 42.3 Å². The van der Waals surface area contributed by atoms with Crippen molar-refractivity contribution in [1.82, 2.24) is 0 Å². The van der Waals surface area contributed by atoms with Gasteiger partial charge in [0.15, 0.2) is 15.0 Å². The smallest absolute Gasteiger partial charge is 0.248 e. The van der Waals surface area contributed by atoms with Gasteiger partial charge in [-0.3, -0.25) is 4.79 Å². The molecule has 3 rings (SSSR count). The molecule has 124 valence electrons. The summed E-state index contributed by atoms with van der Waals surface area (Å²) in [4.78, 5) is 17.6. The SMILES string of the molecule is CCCC(=O)N=C1S[C@@H]2CS(=O)(=O)C[C@@H]2N1c1ccccc1F. The molecule has 2 aliphatic rings. The van der Waals surface area contributed by atoms with Gasteiger partial charge in [-0.05, 0) is 18.6 Å². The zero-order valence-corrected chi connectivity index (χ0v) is 14.2. The van der Waals surface area contributed by atoms with E-state index in [4.69, 9.17) is 0 Å². The summed E-state index contributed by atoms with van der Waals surface area (Å²) in [6.07, 6.45) is 1.00. The number of benzene rings is 1. The first kappa shape index (κ1) is 16.4. The average molecular weight is 356 g/mol. The number of rotatable bonds is 3. The number of amides is 1. The highest BCUT2D eigenvalue weighted by molar-refractivity contribution is 8.16. The number of sulfone groups is 1. The predicted molar refractivity (Wildman–Crippen MR) is 90.0 cm³/mol. The summed E-state index contributed by atoms with van der Waals surface area (Å²) < 4.78 is 38.0. The van der Waals surface area contributed by atoms with Gasteiger partial charge >= 0.3 is 0 Å². The van der Waals surface area contributed by atoms with Gasteiger partial charge in [0.2, 0.25) is 5.91 Å². The number of hydrogen-bond donors (Lipinski definition) is 0. The molecule has 0 unspecified atom stereocenters. The Bertz CT molecular complexity index is 764. The fourth-order valence-corrected chi connectivity index (χ4v) is 6.79. The zero-order chi connectivity index (χ0) is 16.6. The largest absolute Gasteiger partial charge is 0.313 e. The number of carbonyl (C=O) groups excluding carboxylic acids is 1. The van der Waals surface area contributed by atoms with Crippen LogP contribution in [0.25, 0.3) is 0 Å². The van der Waals surface area contributed by atoms with Gasteiger partial charge < -0.3 is 4.90 Å². The van der Waals surface area contributed by atoms with Crippen molar-refractivity contribution in [3.8, 4) is 0 Å². The lowest BCUT2D eigenvalue weighted by Gasteiger charge is -2.24. The highest BCUT2D eigenvalue weighted by Crippen LogP contribution is 2.41. The van der Waals surface area contributed by atoms with Crippen molar-refractivity contribution in [3.63, 3.8) is 0 Å². The number of carbonyl (C=O) groups is 1. The molecule has 0 spiro atoms. The van der Waals surface area contributed by atoms with E-state index in [0.717, 1.165) is 0 Å². The second kappa shape index (κ2) is 6.24. The van der Waals surface area contributed by atoms with Gasteiger partial charge in [-0.2, -0.15) is 4.99 Å². The Morgan fingerprint density at radius 1 is 1.39 bits per heavy atom. The van der Waals surface area contributed by atoms with Crippen LogP contribution in [0.4, 0.5) is 10.1 Å². The summed E-state index contributed by atoms with van der Waals surface area (Å²) in [5.41, 5.74) is 0.271. The Hall–Kier alpha value is -1.41. The molecule has 2 aliphatic heterocycles. The third-order valence-electron chi connectivity index (χ3n) is 3.86. The highest BCUT2D eigenvalue weighted by atomic mass is 32.2. The zero-order valence-electron chi connectivity index (χ0n) is 12.6. The van der Waals surface area contributed by atoms with Crippen LogP contribution in [0.3, 0.4) is 0 Å². The quantitative estimate of drug-likeness (QED) is 0.831. The van der Waals surface area contributed by atoms with E-state index in [0.29, 0.717) is 18.0 Å². The molecule has 1 aromatic rings. The number of nitrogens with zero attached hydrogens (tertiary/aromatic N) is 2. The van der Waals surface area contributed by atoms with E-state index in [9.17, 15) is 17.6 Å². The Kier molecular flexibility index (Phi) is 4.46. The summed E-state index contributed by atoms with van der Waals surface area (Å²) in [6.45, 7) is 1.88. The van der Waals surface area contributed by atoms with Crippen LogP contribution in [0.2, 0.25) is 0 Å². The number of amidine groups is 1. The van der Waals surface area contributed by atoms with Gasteiger partial charge in [0.25, 0.3) is 0 Å². The summed E-state index contributed by atoms with van der Waals surface area (Å²) >= 11 is 1.26. The standard InChI is InChI=1S/C15H17FN2O3S2/c1-2-5-14(19)17-15-18(11-7-4-3-6-10(11)16)12-8-23(20,21)9-13(12)22-15/h3-4,6-7,12-13H,2,5,8-9H2,1H3/t12-,13+/m0/s1. The summed E-state index contributed by atoms with van der Waals surface area (Å²) in [5.74, 6) is -0.721. The van der Waals surface area contributed by atoms with Gasteiger partial charge in [0, 0.05) is 11.7 Å². The van der Waals surface area contributed by atoms with Gasteiger partial charge in [-0.1, -0.05) is 30.8 Å². The van der Waals surface area contributed by atoms with E-state index < -0.39 is 15.7 Å². The maximum absolute atomic E-state index is 14.2. The summed E-state index contributed by atoms with van der Waals surface area (Å²) in [7, 11) is -3.15. The van der Waals surface area contributed by atoms with Crippen molar-refractivity contribution in [2.75, 3.05) is 16.4 Å². The molecule has 0 saturated carbocycles. The minimum atomic E-state index is -3.15. The van der Waals surface area contributed by atoms with E-state index in [2.05, 4.69) is 4.99 Å². The average Bonchev–Trinajstić information content (AvgIpc) is 2.91. The molecule has 2 fully saturated rings. The number of para-hydroxylation sites is 1. The van der Waals surface area contributed by atoms with Crippen molar-refractivity contribution in [2.24, 2.45) is 4.99 Å². The van der Waals surface area contributed by atoms with Crippen molar-refractivity contribution in [3.05, 3.63) is 30.1 Å². The minimum Gasteiger partial charge on any atom is -0.313 e. The monoisotopic (exact) mass is 356 g/mol. The number of fused-ring (bicyclic) bond motifs is 1. The molecule has 2 heterocycles. The lowest BCUT2D eigenvalue weighted by Crippen LogP contribution is -2.38. The minimum absolute atomic E-state index is 0.0360. The van der Waals surface area contributed by atoms with Gasteiger partial charge in [0.1, 0.15) is 5.82 Å². The number of anilines is 1. The molecule has 0 aromatic heterocycles. The Balaban J connectivity index is 2.01. The number of aliphatic imine (C=N–C) groups is 1. The van der Waals surface area contributed by atoms with E-state index in [-0.39, 0.29) is 34.4 Å². The van der Waals surface area contributed by atoms with Crippen LogP contribution in [0.1, 0.15) is 19.8 Å². The summed E-state index contributed by atoms with van der Waals surface area (Å²) in [6, 6.07) is 5.79. The fourth-order valence-electron chi connectivity index (χ4n) is 2.87. The van der Waals surface area contributed by atoms with Crippen LogP contribution < -0.4 is 4.90 Å². The van der Waals surface area contributed by atoms with Crippen molar-refractivity contribution in [2.45, 2.75) is 31.1 Å². The lowest BCUT2D eigenvalue weighted by molar-refractivity contribution is -0.117. The van der Waals surface area contributed by atoms with E-state index >= 15 is 0 Å². The normalized spacial score (nSPS) is 27.4. The molecule has 2 saturated heterocycles. The first-order valence-electron chi connectivity index (χ1n) is 7.43. The summed E-state index contributed by atoms with van der Waals surface area (Å²) in [5, 5.41) is 0.186. The maximum Gasteiger partial charge on any atom is 0.248 e. The molecular weight excluding hydrogens is 339 g/mol. The van der Waals surface area contributed by atoms with Gasteiger partial charge in [0.05, 0.1) is 23.2 Å². The van der Waals surface area contributed by atoms with Crippen LogP contribution in [0.15, 0.2) is 29.3 Å². The molecule has 5 nitrogen and oxygen atoms in total. The maximum atomic E-state index is 14.2. The van der Waals surface area contributed by atoms with Crippen LogP contribution in [-0.2, 0) is 14.6 Å². The van der Waals surface area contributed by atoms with Crippen LogP contribution in [0, 0.1) is 5.82 Å². The molecule has 0 bridgehead atoms. The Morgan fingerprint density at radius 2 is 2.13 bits per heavy atom. The van der Waals surface area contributed by atoms with Gasteiger partial charge in [-0.25, -0.2) is 12.8 Å². The van der Waals surface area contributed by atoms with E-state index in [1.807, 2.05) is 6.92 Å². The number of halogens is 1. The van der Waals surface area contributed by atoms with Crippen molar-refractivity contribution in [1.29, 1.82) is 0 Å². The number of hydrogen-bond acceptors (Lipinski definition) is 4. The lowest BCUT2D eigenvalue weighted by atomic mass is 10.2. The first-order chi connectivity index (χ1) is 10.9. The highest BCUT2D eigenvalue weighted by Gasteiger charge is 2.49. The third-order valence-corrected chi connectivity index (χ3v) is 7.07. The molecule has 2 atom stereocenters. The molecule has 1 amide bonds. The first-order valence-corrected chi connectivity index (χ1v) is 10.1. The van der Waals surface area contributed by atoms with Crippen LogP contribution >= 0.6 is 11.8 Å². The number of thioether (sulfide) groups is 1. The molecule has 0 N–H and O–H groups in total. The third kappa shape index (κ3) is 3.28. The Labute approximate surface area is 138 Å². The van der Waals surface area contributed by atoms with Crippen molar-refractivity contribution >= 4 is 38.4 Å². The van der Waals surface area contributed by atoms with E-state index in [1.54, 1.807) is 23.1 Å². The van der Waals surface area contributed by atoms with Gasteiger partial charge in [-0.15, -0.1) is 0 Å². The molecule has 8 heteroatoms. The van der Waals surface area contributed by atoms with Crippen molar-refractivity contribution < 1.29 is 17.6 Å². The van der Waals surface area contributed by atoms with Crippen LogP contribution in [0.5, 0.6) is 0 Å². The van der Waals surface area contributed by atoms with E-state index in [1.165, 1.54) is 17.8 Å². The second-order valence-corrected chi connectivity index (χ2v) is 9.02. The molecule has 0 aliphatic carbocycles. The topological polar surface area (TPSA) is 66.8 Å². The molecular formula is C15H17FN2O3S2. The Morgan fingerprint density at radius 3 is 2.83 bits per heavy atom. The molecule has 1 aromatic carbocycles. The molecule has 23 heavy (non-hydrogen) atoms. The molecule has 0 radical (unpaired) electrons. The predicted octanol–water partition coefficient (Wildman–Crippen LogP) is 2.23.